The molecule has 0 heterocycles. The maximum atomic E-state index is 13.6. The van der Waals surface area contributed by atoms with Gasteiger partial charge >= 0.3 is 0 Å². The standard InChI is InChI=1S/C15H23FN2O/c1-10(2)8-9-11(3)18-15(19)12-6-5-7-13(16)14(12)17-4/h5-7,10-11,17H,8-9H2,1-4H3,(H,18,19). The Labute approximate surface area is 114 Å². The van der Waals surface area contributed by atoms with E-state index < -0.39 is 5.82 Å². The van der Waals surface area contributed by atoms with Gasteiger partial charge in [-0.1, -0.05) is 19.9 Å². The molecule has 0 aromatic heterocycles. The number of carbonyl (C=O) groups is 1. The fraction of sp³-hybridized carbons (Fsp3) is 0.533. The molecule has 1 amide bonds. The van der Waals surface area contributed by atoms with E-state index in [1.165, 1.54) is 6.07 Å². The first-order valence-corrected chi connectivity index (χ1v) is 6.72. The molecule has 1 aromatic carbocycles. The molecule has 1 unspecified atom stereocenters. The Morgan fingerprint density at radius 3 is 2.53 bits per heavy atom. The van der Waals surface area contributed by atoms with Gasteiger partial charge in [-0.15, -0.1) is 0 Å². The van der Waals surface area contributed by atoms with E-state index in [9.17, 15) is 9.18 Å². The maximum Gasteiger partial charge on any atom is 0.253 e. The van der Waals surface area contributed by atoms with Crippen molar-refractivity contribution in [2.45, 2.75) is 39.7 Å². The molecule has 1 atom stereocenters. The van der Waals surface area contributed by atoms with Gasteiger partial charge in [0, 0.05) is 13.1 Å². The van der Waals surface area contributed by atoms with Crippen LogP contribution in [-0.4, -0.2) is 19.0 Å². The lowest BCUT2D eigenvalue weighted by Gasteiger charge is -2.16. The number of hydrogen-bond acceptors (Lipinski definition) is 2. The van der Waals surface area contributed by atoms with E-state index in [0.717, 1.165) is 12.8 Å². The van der Waals surface area contributed by atoms with Gasteiger partial charge in [-0.05, 0) is 37.8 Å². The quantitative estimate of drug-likeness (QED) is 0.828. The molecule has 0 spiro atoms. The molecule has 0 bridgehead atoms. The monoisotopic (exact) mass is 266 g/mol. The first-order chi connectivity index (χ1) is 8.95. The average molecular weight is 266 g/mol. The molecule has 0 aliphatic carbocycles. The maximum absolute atomic E-state index is 13.6. The third-order valence-electron chi connectivity index (χ3n) is 3.06. The molecule has 0 fully saturated rings. The summed E-state index contributed by atoms with van der Waals surface area (Å²) >= 11 is 0. The van der Waals surface area contributed by atoms with Gasteiger partial charge < -0.3 is 10.6 Å². The number of nitrogens with one attached hydrogen (secondary N) is 2. The van der Waals surface area contributed by atoms with Crippen LogP contribution in [0.25, 0.3) is 0 Å². The van der Waals surface area contributed by atoms with E-state index >= 15 is 0 Å². The highest BCUT2D eigenvalue weighted by atomic mass is 19.1. The van der Waals surface area contributed by atoms with E-state index in [2.05, 4.69) is 24.5 Å². The van der Waals surface area contributed by atoms with Gasteiger partial charge in [0.05, 0.1) is 11.3 Å². The molecule has 106 valence electrons. The molecule has 0 saturated carbocycles. The molecule has 0 aliphatic heterocycles. The minimum absolute atomic E-state index is 0.0860. The smallest absolute Gasteiger partial charge is 0.253 e. The fourth-order valence-electron chi connectivity index (χ4n) is 1.92. The van der Waals surface area contributed by atoms with Crippen molar-refractivity contribution < 1.29 is 9.18 Å². The first kappa shape index (κ1) is 15.5. The minimum atomic E-state index is -0.412. The number of rotatable bonds is 6. The summed E-state index contributed by atoms with van der Waals surface area (Å²) in [6.07, 6.45) is 1.98. The summed E-state index contributed by atoms with van der Waals surface area (Å²) in [5.74, 6) is -0.0357. The Morgan fingerprint density at radius 1 is 1.26 bits per heavy atom. The van der Waals surface area contributed by atoms with Crippen LogP contribution < -0.4 is 10.6 Å². The summed E-state index contributed by atoms with van der Waals surface area (Å²) < 4.78 is 13.6. The summed E-state index contributed by atoms with van der Waals surface area (Å²) in [7, 11) is 1.61. The van der Waals surface area contributed by atoms with Crippen molar-refractivity contribution in [3.8, 4) is 0 Å². The zero-order chi connectivity index (χ0) is 14.4. The topological polar surface area (TPSA) is 41.1 Å². The number of para-hydroxylation sites is 1. The number of benzene rings is 1. The Morgan fingerprint density at radius 2 is 1.95 bits per heavy atom. The highest BCUT2D eigenvalue weighted by molar-refractivity contribution is 5.99. The van der Waals surface area contributed by atoms with Gasteiger partial charge in [0.15, 0.2) is 0 Å². The van der Waals surface area contributed by atoms with Crippen molar-refractivity contribution in [3.05, 3.63) is 29.6 Å². The normalized spacial score (nSPS) is 12.3. The largest absolute Gasteiger partial charge is 0.385 e. The predicted molar refractivity (Wildman–Crippen MR) is 76.9 cm³/mol. The van der Waals surface area contributed by atoms with Crippen molar-refractivity contribution in [3.63, 3.8) is 0 Å². The molecule has 0 aliphatic rings. The zero-order valence-corrected chi connectivity index (χ0v) is 12.1. The van der Waals surface area contributed by atoms with Crippen LogP contribution in [0, 0.1) is 11.7 Å². The Balaban J connectivity index is 2.70. The van der Waals surface area contributed by atoms with Gasteiger partial charge in [0.2, 0.25) is 0 Å². The summed E-state index contributed by atoms with van der Waals surface area (Å²) in [4.78, 5) is 12.1. The lowest BCUT2D eigenvalue weighted by Crippen LogP contribution is -2.33. The second kappa shape index (κ2) is 7.12. The minimum Gasteiger partial charge on any atom is -0.385 e. The van der Waals surface area contributed by atoms with E-state index in [0.29, 0.717) is 11.5 Å². The van der Waals surface area contributed by atoms with Gasteiger partial charge in [-0.3, -0.25) is 4.79 Å². The molecule has 0 radical (unpaired) electrons. The second-order valence-electron chi connectivity index (χ2n) is 5.26. The molecule has 0 saturated heterocycles. The van der Waals surface area contributed by atoms with Gasteiger partial charge in [-0.25, -0.2) is 4.39 Å². The van der Waals surface area contributed by atoms with Crippen LogP contribution in [0.5, 0.6) is 0 Å². The summed E-state index contributed by atoms with van der Waals surface area (Å²) in [5, 5.41) is 5.64. The van der Waals surface area contributed by atoms with Crippen LogP contribution in [-0.2, 0) is 0 Å². The SMILES string of the molecule is CNc1c(F)cccc1C(=O)NC(C)CCC(C)C. The van der Waals surface area contributed by atoms with Crippen LogP contribution in [0.3, 0.4) is 0 Å². The van der Waals surface area contributed by atoms with Crippen molar-refractivity contribution in [1.29, 1.82) is 0 Å². The second-order valence-corrected chi connectivity index (χ2v) is 5.26. The molecule has 1 rings (SSSR count). The van der Waals surface area contributed by atoms with E-state index in [-0.39, 0.29) is 17.6 Å². The summed E-state index contributed by atoms with van der Waals surface area (Å²) in [6.45, 7) is 6.28. The van der Waals surface area contributed by atoms with Crippen LogP contribution in [0.1, 0.15) is 44.0 Å². The Bertz CT molecular complexity index is 432. The molecular weight excluding hydrogens is 243 g/mol. The number of halogens is 1. The molecular formula is C15H23FN2O. The summed E-state index contributed by atoms with van der Waals surface area (Å²) in [6, 6.07) is 4.59. The van der Waals surface area contributed by atoms with Crippen LogP contribution in [0.2, 0.25) is 0 Å². The van der Waals surface area contributed by atoms with Gasteiger partial charge in [0.1, 0.15) is 5.82 Å². The molecule has 1 aromatic rings. The Kier molecular flexibility index (Phi) is 5.80. The molecule has 4 heteroatoms. The lowest BCUT2D eigenvalue weighted by molar-refractivity contribution is 0.0937. The fourth-order valence-corrected chi connectivity index (χ4v) is 1.92. The number of carbonyl (C=O) groups excluding carboxylic acids is 1. The highest BCUT2D eigenvalue weighted by Crippen LogP contribution is 2.19. The summed E-state index contributed by atoms with van der Waals surface area (Å²) in [5.41, 5.74) is 0.593. The molecule has 19 heavy (non-hydrogen) atoms. The molecule has 3 nitrogen and oxygen atoms in total. The molecule has 2 N–H and O–H groups in total. The Hall–Kier alpha value is -1.58. The number of hydrogen-bond donors (Lipinski definition) is 2. The zero-order valence-electron chi connectivity index (χ0n) is 12.1. The van der Waals surface area contributed by atoms with Crippen LogP contribution in [0.15, 0.2) is 18.2 Å². The average Bonchev–Trinajstić information content (AvgIpc) is 2.36. The van der Waals surface area contributed by atoms with Gasteiger partial charge in [0.25, 0.3) is 5.91 Å². The van der Waals surface area contributed by atoms with E-state index in [4.69, 9.17) is 0 Å². The third-order valence-corrected chi connectivity index (χ3v) is 3.06. The van der Waals surface area contributed by atoms with Crippen LogP contribution >= 0.6 is 0 Å². The van der Waals surface area contributed by atoms with Crippen molar-refractivity contribution in [2.75, 3.05) is 12.4 Å². The third kappa shape index (κ3) is 4.54. The highest BCUT2D eigenvalue weighted by Gasteiger charge is 2.15. The van der Waals surface area contributed by atoms with Crippen molar-refractivity contribution in [1.82, 2.24) is 5.32 Å². The van der Waals surface area contributed by atoms with Crippen molar-refractivity contribution in [2.24, 2.45) is 5.92 Å². The number of amides is 1. The lowest BCUT2D eigenvalue weighted by atomic mass is 10.0. The van der Waals surface area contributed by atoms with Crippen molar-refractivity contribution >= 4 is 11.6 Å². The van der Waals surface area contributed by atoms with Gasteiger partial charge in [-0.2, -0.15) is 0 Å². The number of anilines is 1. The predicted octanol–water partition coefficient (Wildman–Crippen LogP) is 3.42. The first-order valence-electron chi connectivity index (χ1n) is 6.72. The van der Waals surface area contributed by atoms with Crippen LogP contribution in [0.4, 0.5) is 10.1 Å². The van der Waals surface area contributed by atoms with E-state index in [1.54, 1.807) is 19.2 Å². The van der Waals surface area contributed by atoms with E-state index in [1.807, 2.05) is 6.92 Å².